The van der Waals surface area contributed by atoms with E-state index in [0.29, 0.717) is 17.2 Å². The fourth-order valence-electron chi connectivity index (χ4n) is 2.36. The van der Waals surface area contributed by atoms with Crippen LogP contribution in [-0.4, -0.2) is 25.4 Å². The zero-order chi connectivity index (χ0) is 16.5. The number of carbonyl (C=O) groups is 1. The number of rotatable bonds is 3. The molecule has 0 saturated heterocycles. The number of benzene rings is 1. The third-order valence-corrected chi connectivity index (χ3v) is 3.53. The molecule has 7 heteroatoms. The first kappa shape index (κ1) is 14.1. The van der Waals surface area contributed by atoms with Gasteiger partial charge in [0.25, 0.3) is 5.91 Å². The molecule has 1 aromatic carbocycles. The van der Waals surface area contributed by atoms with Crippen LogP contribution in [0.1, 0.15) is 16.2 Å². The Labute approximate surface area is 137 Å². The maximum Gasteiger partial charge on any atom is 0.277 e. The second kappa shape index (κ2) is 5.62. The first-order chi connectivity index (χ1) is 11.7. The second-order valence-corrected chi connectivity index (χ2v) is 5.31. The van der Waals surface area contributed by atoms with Crippen LogP contribution in [0.25, 0.3) is 17.0 Å². The van der Waals surface area contributed by atoms with Gasteiger partial charge in [-0.15, -0.1) is 0 Å². The number of nitrogens with one attached hydrogen (secondary N) is 1. The van der Waals surface area contributed by atoms with E-state index in [9.17, 15) is 4.79 Å². The van der Waals surface area contributed by atoms with E-state index in [1.54, 1.807) is 19.2 Å². The molecule has 24 heavy (non-hydrogen) atoms. The Morgan fingerprint density at radius 3 is 2.79 bits per heavy atom. The minimum Gasteiger partial charge on any atom is -0.361 e. The summed E-state index contributed by atoms with van der Waals surface area (Å²) in [6.45, 7) is 1.74. The number of imidazole rings is 1. The fourth-order valence-corrected chi connectivity index (χ4v) is 2.36. The zero-order valence-electron chi connectivity index (χ0n) is 12.8. The van der Waals surface area contributed by atoms with Gasteiger partial charge in [0, 0.05) is 35.9 Å². The molecule has 0 atom stereocenters. The Hall–Kier alpha value is -3.48. The Bertz CT molecular complexity index is 984. The van der Waals surface area contributed by atoms with Crippen molar-refractivity contribution in [2.45, 2.75) is 6.92 Å². The predicted molar refractivity (Wildman–Crippen MR) is 87.6 cm³/mol. The molecule has 0 bridgehead atoms. The van der Waals surface area contributed by atoms with Crippen LogP contribution in [-0.2, 0) is 0 Å². The molecule has 0 aliphatic heterocycles. The molecule has 0 saturated carbocycles. The van der Waals surface area contributed by atoms with Gasteiger partial charge in [-0.2, -0.15) is 0 Å². The first-order valence-electron chi connectivity index (χ1n) is 7.34. The van der Waals surface area contributed by atoms with E-state index in [2.05, 4.69) is 20.4 Å². The monoisotopic (exact) mass is 319 g/mol. The van der Waals surface area contributed by atoms with Crippen LogP contribution in [0.15, 0.2) is 59.5 Å². The van der Waals surface area contributed by atoms with Crippen LogP contribution in [0.2, 0.25) is 0 Å². The summed E-state index contributed by atoms with van der Waals surface area (Å²) in [6, 6.07) is 10.9. The van der Waals surface area contributed by atoms with Crippen molar-refractivity contribution >= 4 is 17.4 Å². The second-order valence-electron chi connectivity index (χ2n) is 5.31. The lowest BCUT2D eigenvalue weighted by molar-refractivity contribution is 0.101. The van der Waals surface area contributed by atoms with E-state index in [-0.39, 0.29) is 11.6 Å². The van der Waals surface area contributed by atoms with Crippen molar-refractivity contribution in [1.82, 2.24) is 19.5 Å². The molecule has 4 rings (SSSR count). The van der Waals surface area contributed by atoms with Crippen LogP contribution in [0, 0.1) is 6.92 Å². The minimum absolute atomic E-state index is 0.253. The Kier molecular flexibility index (Phi) is 3.31. The van der Waals surface area contributed by atoms with E-state index < -0.39 is 0 Å². The smallest absolute Gasteiger partial charge is 0.277 e. The highest BCUT2D eigenvalue weighted by atomic mass is 16.5. The maximum atomic E-state index is 12.0. The summed E-state index contributed by atoms with van der Waals surface area (Å²) in [4.78, 5) is 20.7. The lowest BCUT2D eigenvalue weighted by atomic mass is 10.1. The van der Waals surface area contributed by atoms with Gasteiger partial charge in [-0.1, -0.05) is 17.3 Å². The van der Waals surface area contributed by atoms with Crippen LogP contribution in [0.5, 0.6) is 0 Å². The highest BCUT2D eigenvalue weighted by Crippen LogP contribution is 2.21. The molecular formula is C17H13N5O2. The third kappa shape index (κ3) is 2.63. The van der Waals surface area contributed by atoms with Crippen molar-refractivity contribution in [1.29, 1.82) is 0 Å². The molecule has 0 radical (unpaired) electrons. The largest absolute Gasteiger partial charge is 0.361 e. The number of aromatic nitrogens is 4. The van der Waals surface area contributed by atoms with E-state index in [1.807, 2.05) is 47.1 Å². The molecule has 3 aromatic heterocycles. The number of hydrogen-bond acceptors (Lipinski definition) is 5. The third-order valence-electron chi connectivity index (χ3n) is 3.53. The van der Waals surface area contributed by atoms with Crippen molar-refractivity contribution in [3.63, 3.8) is 0 Å². The topological polar surface area (TPSA) is 85.3 Å². The van der Waals surface area contributed by atoms with E-state index in [0.717, 1.165) is 11.3 Å². The van der Waals surface area contributed by atoms with Crippen molar-refractivity contribution in [3.05, 3.63) is 66.4 Å². The molecule has 118 valence electrons. The van der Waals surface area contributed by atoms with Gasteiger partial charge in [-0.3, -0.25) is 9.20 Å². The molecule has 3 heterocycles. The van der Waals surface area contributed by atoms with Gasteiger partial charge in [0.2, 0.25) is 5.78 Å². The van der Waals surface area contributed by atoms with Crippen LogP contribution in [0.4, 0.5) is 5.69 Å². The Balaban J connectivity index is 1.55. The fraction of sp³-hybridized carbons (Fsp3) is 0.0588. The molecule has 1 amide bonds. The van der Waals surface area contributed by atoms with Gasteiger partial charge in [-0.25, -0.2) is 9.97 Å². The molecular weight excluding hydrogens is 306 g/mol. The number of anilines is 1. The van der Waals surface area contributed by atoms with Gasteiger partial charge >= 0.3 is 0 Å². The molecule has 7 nitrogen and oxygen atoms in total. The van der Waals surface area contributed by atoms with Crippen molar-refractivity contribution in [3.8, 4) is 11.3 Å². The minimum atomic E-state index is -0.309. The Morgan fingerprint density at radius 1 is 1.25 bits per heavy atom. The normalized spacial score (nSPS) is 10.9. The number of carbonyl (C=O) groups excluding carboxylic acids is 1. The Morgan fingerprint density at radius 2 is 2.08 bits per heavy atom. The average molecular weight is 319 g/mol. The highest BCUT2D eigenvalue weighted by molar-refractivity contribution is 6.02. The molecule has 0 unspecified atom stereocenters. The van der Waals surface area contributed by atoms with Gasteiger partial charge in [-0.05, 0) is 25.1 Å². The maximum absolute atomic E-state index is 12.0. The average Bonchev–Trinajstić information content (AvgIpc) is 3.21. The summed E-state index contributed by atoms with van der Waals surface area (Å²) < 4.78 is 6.76. The highest BCUT2D eigenvalue weighted by Gasteiger charge is 2.11. The van der Waals surface area contributed by atoms with E-state index in [4.69, 9.17) is 4.52 Å². The number of aryl methyl sites for hydroxylation is 1. The van der Waals surface area contributed by atoms with E-state index in [1.165, 1.54) is 0 Å². The molecule has 0 spiro atoms. The van der Waals surface area contributed by atoms with Crippen LogP contribution < -0.4 is 5.32 Å². The predicted octanol–water partition coefficient (Wildman–Crippen LogP) is 2.95. The summed E-state index contributed by atoms with van der Waals surface area (Å²) in [5, 5.41) is 6.47. The summed E-state index contributed by atoms with van der Waals surface area (Å²) in [5.74, 6) is 0.929. The quantitative estimate of drug-likeness (QED) is 0.627. The van der Waals surface area contributed by atoms with Gasteiger partial charge in [0.05, 0.1) is 5.69 Å². The molecule has 0 fully saturated rings. The van der Waals surface area contributed by atoms with Gasteiger partial charge < -0.3 is 9.84 Å². The first-order valence-corrected chi connectivity index (χ1v) is 7.34. The summed E-state index contributed by atoms with van der Waals surface area (Å²) in [6.07, 6.45) is 5.51. The van der Waals surface area contributed by atoms with Crippen molar-refractivity contribution < 1.29 is 9.32 Å². The SMILES string of the molecule is Cc1cc(C(=O)Nc2ccc(-c3cn4cccnc4n3)cc2)no1. The molecule has 1 N–H and O–H groups in total. The number of hydrogen-bond donors (Lipinski definition) is 1. The zero-order valence-corrected chi connectivity index (χ0v) is 12.8. The van der Waals surface area contributed by atoms with Gasteiger partial charge in [0.1, 0.15) is 5.76 Å². The van der Waals surface area contributed by atoms with E-state index >= 15 is 0 Å². The lowest BCUT2D eigenvalue weighted by Crippen LogP contribution is -2.11. The van der Waals surface area contributed by atoms with Crippen LogP contribution in [0.3, 0.4) is 0 Å². The molecule has 4 aromatic rings. The van der Waals surface area contributed by atoms with Crippen molar-refractivity contribution in [2.24, 2.45) is 0 Å². The summed E-state index contributed by atoms with van der Waals surface area (Å²) in [7, 11) is 0. The van der Waals surface area contributed by atoms with Gasteiger partial charge in [0.15, 0.2) is 5.69 Å². The standard InChI is InChI=1S/C17H13N5O2/c1-11-9-14(21-24-11)16(23)19-13-5-3-12(4-6-13)15-10-22-8-2-7-18-17(22)20-15/h2-10H,1H3,(H,19,23). The van der Waals surface area contributed by atoms with Crippen molar-refractivity contribution in [2.75, 3.05) is 5.32 Å². The van der Waals surface area contributed by atoms with Crippen LogP contribution >= 0.6 is 0 Å². The lowest BCUT2D eigenvalue weighted by Gasteiger charge is -2.03. The summed E-state index contributed by atoms with van der Waals surface area (Å²) >= 11 is 0. The molecule has 0 aliphatic carbocycles. The molecule has 0 aliphatic rings. The number of fused-ring (bicyclic) bond motifs is 1. The summed E-state index contributed by atoms with van der Waals surface area (Å²) in [5.41, 5.74) is 2.68. The number of amides is 1. The number of nitrogens with zero attached hydrogens (tertiary/aromatic N) is 4.